The Morgan fingerprint density at radius 1 is 1.62 bits per heavy atom. The average molecular weight is 185 g/mol. The maximum Gasteiger partial charge on any atom is 0.108 e. The standard InChI is InChI=1S/C9H19N3O/c1-6-3-4-8(13)5-12(6)7(2)9(10)11/h6-8,13H,3-5H2,1-2H3,(H3,10,11)/t6-,7?,8-/m0/s1. The van der Waals surface area contributed by atoms with Crippen LogP contribution in [0.2, 0.25) is 0 Å². The minimum absolute atomic E-state index is 0.0510. The van der Waals surface area contributed by atoms with E-state index in [-0.39, 0.29) is 18.0 Å². The zero-order valence-corrected chi connectivity index (χ0v) is 8.33. The third kappa shape index (κ3) is 2.42. The smallest absolute Gasteiger partial charge is 0.108 e. The summed E-state index contributed by atoms with van der Waals surface area (Å²) in [4.78, 5) is 2.09. The zero-order valence-electron chi connectivity index (χ0n) is 8.33. The monoisotopic (exact) mass is 185 g/mol. The first kappa shape index (κ1) is 10.5. The van der Waals surface area contributed by atoms with Crippen LogP contribution in [0.15, 0.2) is 0 Å². The summed E-state index contributed by atoms with van der Waals surface area (Å²) >= 11 is 0. The minimum atomic E-state index is -0.252. The number of likely N-dealkylation sites (tertiary alicyclic amines) is 1. The number of aliphatic hydroxyl groups is 1. The molecule has 0 amide bonds. The first-order chi connectivity index (χ1) is 6.02. The van der Waals surface area contributed by atoms with Crippen LogP contribution in [0.3, 0.4) is 0 Å². The molecule has 0 saturated carbocycles. The van der Waals surface area contributed by atoms with Crippen LogP contribution < -0.4 is 5.73 Å². The average Bonchev–Trinajstić information content (AvgIpc) is 2.08. The summed E-state index contributed by atoms with van der Waals surface area (Å²) in [6, 6.07) is 0.368. The van der Waals surface area contributed by atoms with Crippen molar-refractivity contribution >= 4 is 5.84 Å². The summed E-state index contributed by atoms with van der Waals surface area (Å²) in [6.45, 7) is 4.67. The van der Waals surface area contributed by atoms with E-state index in [1.165, 1.54) is 0 Å². The number of aliphatic hydroxyl groups excluding tert-OH is 1. The molecule has 0 radical (unpaired) electrons. The molecule has 76 valence electrons. The number of nitrogens with one attached hydrogen (secondary N) is 1. The van der Waals surface area contributed by atoms with Crippen molar-refractivity contribution in [1.82, 2.24) is 4.90 Å². The van der Waals surface area contributed by atoms with Crippen LogP contribution in [0.4, 0.5) is 0 Å². The Kier molecular flexibility index (Phi) is 3.27. The Bertz CT molecular complexity index is 195. The quantitative estimate of drug-likeness (QED) is 0.424. The van der Waals surface area contributed by atoms with Gasteiger partial charge >= 0.3 is 0 Å². The van der Waals surface area contributed by atoms with Gasteiger partial charge in [0.15, 0.2) is 0 Å². The van der Waals surface area contributed by atoms with Gasteiger partial charge in [-0.1, -0.05) is 0 Å². The first-order valence-corrected chi connectivity index (χ1v) is 4.80. The van der Waals surface area contributed by atoms with E-state index < -0.39 is 0 Å². The van der Waals surface area contributed by atoms with Gasteiger partial charge in [-0.3, -0.25) is 10.3 Å². The molecule has 1 rings (SSSR count). The predicted molar refractivity (Wildman–Crippen MR) is 52.8 cm³/mol. The third-order valence-corrected chi connectivity index (χ3v) is 2.85. The highest BCUT2D eigenvalue weighted by Gasteiger charge is 2.28. The number of nitrogens with zero attached hydrogens (tertiary/aromatic N) is 1. The molecule has 0 bridgehead atoms. The largest absolute Gasteiger partial charge is 0.392 e. The molecule has 0 aromatic rings. The van der Waals surface area contributed by atoms with E-state index in [4.69, 9.17) is 11.1 Å². The van der Waals surface area contributed by atoms with Gasteiger partial charge < -0.3 is 10.8 Å². The van der Waals surface area contributed by atoms with Crippen LogP contribution in [-0.2, 0) is 0 Å². The van der Waals surface area contributed by atoms with Crippen molar-refractivity contribution < 1.29 is 5.11 Å². The molecule has 4 nitrogen and oxygen atoms in total. The van der Waals surface area contributed by atoms with Gasteiger partial charge in [-0.2, -0.15) is 0 Å². The van der Waals surface area contributed by atoms with E-state index in [0.29, 0.717) is 12.6 Å². The van der Waals surface area contributed by atoms with Gasteiger partial charge in [0.1, 0.15) is 5.84 Å². The highest BCUT2D eigenvalue weighted by molar-refractivity contribution is 5.82. The molecule has 0 aliphatic carbocycles. The van der Waals surface area contributed by atoms with Gasteiger partial charge in [0.25, 0.3) is 0 Å². The Morgan fingerprint density at radius 3 is 2.77 bits per heavy atom. The van der Waals surface area contributed by atoms with Crippen LogP contribution >= 0.6 is 0 Å². The normalized spacial score (nSPS) is 32.8. The van der Waals surface area contributed by atoms with Crippen molar-refractivity contribution in [2.75, 3.05) is 6.54 Å². The Labute approximate surface area is 79.2 Å². The first-order valence-electron chi connectivity index (χ1n) is 4.80. The van der Waals surface area contributed by atoms with Crippen LogP contribution in [0, 0.1) is 5.41 Å². The molecule has 1 heterocycles. The summed E-state index contributed by atoms with van der Waals surface area (Å²) in [5.74, 6) is 0.181. The summed E-state index contributed by atoms with van der Waals surface area (Å²) in [5.41, 5.74) is 5.43. The van der Waals surface area contributed by atoms with Crippen LogP contribution in [0.5, 0.6) is 0 Å². The second kappa shape index (κ2) is 4.07. The molecule has 1 fully saturated rings. The lowest BCUT2D eigenvalue weighted by molar-refractivity contribution is 0.0330. The summed E-state index contributed by atoms with van der Waals surface area (Å²) in [7, 11) is 0. The van der Waals surface area contributed by atoms with Gasteiger partial charge in [0.05, 0.1) is 12.1 Å². The number of rotatable bonds is 2. The van der Waals surface area contributed by atoms with E-state index >= 15 is 0 Å². The van der Waals surface area contributed by atoms with E-state index in [1.807, 2.05) is 6.92 Å². The number of nitrogens with two attached hydrogens (primary N) is 1. The Morgan fingerprint density at radius 2 is 2.23 bits per heavy atom. The molecule has 3 atom stereocenters. The number of piperidine rings is 1. The van der Waals surface area contributed by atoms with Crippen LogP contribution in [0.25, 0.3) is 0 Å². The molecule has 4 N–H and O–H groups in total. The number of hydrogen-bond acceptors (Lipinski definition) is 3. The maximum atomic E-state index is 9.48. The van der Waals surface area contributed by atoms with Crippen molar-refractivity contribution in [1.29, 1.82) is 5.41 Å². The second-order valence-electron chi connectivity index (χ2n) is 3.91. The number of amidine groups is 1. The maximum absolute atomic E-state index is 9.48. The SMILES string of the molecule is CC(C(=N)N)N1C[C@@H](O)CC[C@@H]1C. The van der Waals surface area contributed by atoms with E-state index in [2.05, 4.69) is 11.8 Å². The van der Waals surface area contributed by atoms with E-state index in [0.717, 1.165) is 12.8 Å². The van der Waals surface area contributed by atoms with Gasteiger partial charge in [0.2, 0.25) is 0 Å². The Balaban J connectivity index is 2.60. The molecule has 1 saturated heterocycles. The van der Waals surface area contributed by atoms with Crippen molar-refractivity contribution in [3.05, 3.63) is 0 Å². The van der Waals surface area contributed by atoms with Crippen LogP contribution in [0.1, 0.15) is 26.7 Å². The second-order valence-corrected chi connectivity index (χ2v) is 3.91. The number of hydrogen-bond donors (Lipinski definition) is 3. The fourth-order valence-electron chi connectivity index (χ4n) is 1.83. The lowest BCUT2D eigenvalue weighted by atomic mass is 9.99. The molecule has 1 unspecified atom stereocenters. The molecule has 0 aromatic carbocycles. The lowest BCUT2D eigenvalue weighted by Gasteiger charge is -2.39. The van der Waals surface area contributed by atoms with E-state index in [9.17, 15) is 5.11 Å². The summed E-state index contributed by atoms with van der Waals surface area (Å²) in [6.07, 6.45) is 1.60. The molecular weight excluding hydrogens is 166 g/mol. The van der Waals surface area contributed by atoms with Crippen LogP contribution in [-0.4, -0.2) is 40.6 Å². The number of β-amino-alcohol motifs (C(OH)–C–C–N with tert-alkyl or cyclic N) is 1. The fourth-order valence-corrected chi connectivity index (χ4v) is 1.83. The minimum Gasteiger partial charge on any atom is -0.392 e. The predicted octanol–water partition coefficient (Wildman–Crippen LogP) is 0.156. The molecule has 4 heteroatoms. The van der Waals surface area contributed by atoms with Gasteiger partial charge in [-0.15, -0.1) is 0 Å². The Hall–Kier alpha value is -0.610. The van der Waals surface area contributed by atoms with E-state index in [1.54, 1.807) is 0 Å². The summed E-state index contributed by atoms with van der Waals surface area (Å²) < 4.78 is 0. The molecule has 1 aliphatic heterocycles. The zero-order chi connectivity index (χ0) is 10.0. The van der Waals surface area contributed by atoms with Gasteiger partial charge in [-0.25, -0.2) is 0 Å². The fraction of sp³-hybridized carbons (Fsp3) is 0.889. The topological polar surface area (TPSA) is 73.3 Å². The lowest BCUT2D eigenvalue weighted by Crippen LogP contribution is -2.52. The van der Waals surface area contributed by atoms with Gasteiger partial charge in [-0.05, 0) is 26.7 Å². The molecule has 0 spiro atoms. The van der Waals surface area contributed by atoms with Crippen molar-refractivity contribution in [3.63, 3.8) is 0 Å². The highest BCUT2D eigenvalue weighted by atomic mass is 16.3. The third-order valence-electron chi connectivity index (χ3n) is 2.85. The van der Waals surface area contributed by atoms with Gasteiger partial charge in [0, 0.05) is 12.6 Å². The molecule has 1 aliphatic rings. The highest BCUT2D eigenvalue weighted by Crippen LogP contribution is 2.19. The molecular formula is C9H19N3O. The van der Waals surface area contributed by atoms with Crippen molar-refractivity contribution in [2.24, 2.45) is 5.73 Å². The summed E-state index contributed by atoms with van der Waals surface area (Å²) in [5, 5.41) is 16.8. The van der Waals surface area contributed by atoms with Crippen molar-refractivity contribution in [2.45, 2.75) is 44.9 Å². The molecule has 0 aromatic heterocycles. The van der Waals surface area contributed by atoms with Crippen molar-refractivity contribution in [3.8, 4) is 0 Å². The molecule has 13 heavy (non-hydrogen) atoms.